The van der Waals surface area contributed by atoms with Crippen LogP contribution in [0.5, 0.6) is 28.9 Å². The highest BCUT2D eigenvalue weighted by Crippen LogP contribution is 2.47. The van der Waals surface area contributed by atoms with Gasteiger partial charge in [0, 0.05) is 30.3 Å². The lowest BCUT2D eigenvalue weighted by Crippen LogP contribution is -2.30. The van der Waals surface area contributed by atoms with Gasteiger partial charge in [-0.15, -0.1) is 25.6 Å². The minimum Gasteiger partial charge on any atom is -0.507 e. The molecule has 0 saturated heterocycles. The third kappa shape index (κ3) is 8.52. The number of hydrogen-bond acceptors (Lipinski definition) is 18. The van der Waals surface area contributed by atoms with E-state index in [0.717, 1.165) is 16.7 Å². The van der Waals surface area contributed by atoms with E-state index in [1.54, 1.807) is 0 Å². The van der Waals surface area contributed by atoms with Gasteiger partial charge in [-0.2, -0.15) is 21.9 Å². The minimum atomic E-state index is -5.20. The Balaban J connectivity index is 1.53. The molecule has 59 heavy (non-hydrogen) atoms. The van der Waals surface area contributed by atoms with Gasteiger partial charge < -0.3 is 35.6 Å². The summed E-state index contributed by atoms with van der Waals surface area (Å²) in [5, 5.41) is 64.7. The molecule has 0 saturated carbocycles. The molecule has 0 aliphatic rings. The zero-order valence-corrected chi connectivity index (χ0v) is 32.3. The van der Waals surface area contributed by atoms with Crippen LogP contribution in [0.4, 0.5) is 34.1 Å². The second-order valence-corrected chi connectivity index (χ2v) is 14.8. The average Bonchev–Trinajstić information content (AvgIpc) is 3.15. The van der Waals surface area contributed by atoms with Crippen LogP contribution in [0.3, 0.4) is 0 Å². The molecule has 0 aliphatic carbocycles. The van der Waals surface area contributed by atoms with Crippen LogP contribution in [0.2, 0.25) is 0 Å². The number of pyridine rings is 1. The summed E-state index contributed by atoms with van der Waals surface area (Å²) < 4.78 is 78.8. The third-order valence-electron chi connectivity index (χ3n) is 8.38. The van der Waals surface area contributed by atoms with E-state index >= 15 is 0 Å². The highest BCUT2D eigenvalue weighted by Gasteiger charge is 2.26. The maximum atomic E-state index is 12.6. The molecule has 23 nitrogen and oxygen atoms in total. The van der Waals surface area contributed by atoms with Gasteiger partial charge in [-0.3, -0.25) is 23.3 Å². The lowest BCUT2D eigenvalue weighted by molar-refractivity contribution is 0.0697. The normalized spacial score (nSPS) is 12.2. The van der Waals surface area contributed by atoms with Crippen LogP contribution in [0, 0.1) is 6.92 Å². The number of aromatic nitrogens is 1. The molecular weight excluding hydrogens is 825 g/mol. The van der Waals surface area contributed by atoms with Crippen molar-refractivity contribution < 1.29 is 65.4 Å². The number of azo groups is 3. The first kappa shape index (κ1) is 42.8. The number of benzene rings is 4. The fourth-order valence-electron chi connectivity index (χ4n) is 5.58. The van der Waals surface area contributed by atoms with Crippen LogP contribution in [0.1, 0.15) is 33.2 Å². The van der Waals surface area contributed by atoms with Crippen LogP contribution in [-0.2, 0) is 26.8 Å². The molecular formula is C34H30N8O15S2. The summed E-state index contributed by atoms with van der Waals surface area (Å²) in [7, 11) is -7.68. The van der Waals surface area contributed by atoms with Crippen molar-refractivity contribution in [2.45, 2.75) is 30.2 Å². The number of phenolic OH excluding ortho intramolecular Hbond substituents is 2. The maximum Gasteiger partial charge on any atom is 0.338 e. The van der Waals surface area contributed by atoms with E-state index in [0.29, 0.717) is 12.1 Å². The van der Waals surface area contributed by atoms with Crippen molar-refractivity contribution >= 4 is 77.0 Å². The molecule has 1 aromatic heterocycles. The molecule has 1 amide bonds. The van der Waals surface area contributed by atoms with Crippen LogP contribution in [0.25, 0.3) is 10.8 Å². The van der Waals surface area contributed by atoms with Gasteiger partial charge in [0.05, 0.1) is 35.8 Å². The SMILES string of the molecule is CCn1c(O)c(N=Nc2ccc(N=Nc3cc(OC)c(N=Nc4c(S(=O)(=O)O)cc5cc(S(=O)(=O)O)cc(O)c5c4O)cc3OC)c(C(=O)O)c2)c(C)c(C(N)=O)c1=O. The molecule has 0 atom stereocenters. The number of aromatic carboxylic acids is 1. The van der Waals surface area contributed by atoms with Crippen molar-refractivity contribution in [1.82, 2.24) is 4.57 Å². The quantitative estimate of drug-likeness (QED) is 0.0527. The molecule has 0 fully saturated rings. The monoisotopic (exact) mass is 854 g/mol. The fraction of sp³-hybridized carbons (Fsp3) is 0.147. The average molecular weight is 855 g/mol. The number of primary amides is 1. The Kier molecular flexibility index (Phi) is 11.8. The van der Waals surface area contributed by atoms with Crippen molar-refractivity contribution in [1.29, 1.82) is 0 Å². The first-order valence-corrected chi connectivity index (χ1v) is 19.1. The second-order valence-electron chi connectivity index (χ2n) is 12.0. The van der Waals surface area contributed by atoms with Gasteiger partial charge in [0.15, 0.2) is 5.75 Å². The molecule has 4 aromatic carbocycles. The number of nitrogens with zero attached hydrogens (tertiary/aromatic N) is 7. The number of aromatic hydroxyl groups is 3. The smallest absolute Gasteiger partial charge is 0.338 e. The predicted molar refractivity (Wildman–Crippen MR) is 204 cm³/mol. The van der Waals surface area contributed by atoms with Gasteiger partial charge in [0.25, 0.3) is 31.7 Å². The van der Waals surface area contributed by atoms with Crippen LogP contribution in [0.15, 0.2) is 93.8 Å². The van der Waals surface area contributed by atoms with Crippen molar-refractivity contribution in [3.63, 3.8) is 0 Å². The number of hydrogen-bond donors (Lipinski definition) is 7. The van der Waals surface area contributed by atoms with Gasteiger partial charge >= 0.3 is 5.97 Å². The summed E-state index contributed by atoms with van der Waals surface area (Å²) in [5.74, 6) is -5.25. The summed E-state index contributed by atoms with van der Waals surface area (Å²) in [6, 6.07) is 8.01. The van der Waals surface area contributed by atoms with Gasteiger partial charge in [0.2, 0.25) is 5.88 Å². The Labute approximate surface area is 331 Å². The largest absolute Gasteiger partial charge is 0.507 e. The Hall–Kier alpha value is -7.35. The number of rotatable bonds is 13. The predicted octanol–water partition coefficient (Wildman–Crippen LogP) is 6.00. The number of amides is 1. The number of methoxy groups -OCH3 is 2. The van der Waals surface area contributed by atoms with Crippen molar-refractivity contribution in [3.05, 3.63) is 75.6 Å². The molecule has 0 spiro atoms. The van der Waals surface area contributed by atoms with E-state index in [4.69, 9.17) is 15.2 Å². The molecule has 0 unspecified atom stereocenters. The van der Waals surface area contributed by atoms with Crippen molar-refractivity contribution in [2.24, 2.45) is 36.4 Å². The summed E-state index contributed by atoms with van der Waals surface area (Å²) in [4.78, 5) is 34.9. The van der Waals surface area contributed by atoms with E-state index in [9.17, 15) is 60.8 Å². The second kappa shape index (κ2) is 16.3. The molecule has 25 heteroatoms. The number of fused-ring (bicyclic) bond motifs is 1. The summed E-state index contributed by atoms with van der Waals surface area (Å²) in [5.41, 5.74) is 2.03. The maximum absolute atomic E-state index is 12.6. The molecule has 8 N–H and O–H groups in total. The zero-order chi connectivity index (χ0) is 43.7. The Bertz CT molecular complexity index is 2980. The zero-order valence-electron chi connectivity index (χ0n) is 30.7. The van der Waals surface area contributed by atoms with E-state index in [1.807, 2.05) is 0 Å². The summed E-state index contributed by atoms with van der Waals surface area (Å²) in [6.45, 7) is 2.83. The first-order chi connectivity index (χ1) is 27.6. The number of carbonyl (C=O) groups excluding carboxylic acids is 1. The number of ether oxygens (including phenoxy) is 2. The number of carboxylic acid groups (broad SMARTS) is 1. The molecule has 0 radical (unpaired) electrons. The Morgan fingerprint density at radius 1 is 0.780 bits per heavy atom. The number of phenols is 2. The first-order valence-electron chi connectivity index (χ1n) is 16.2. The molecule has 0 aliphatic heterocycles. The third-order valence-corrected chi connectivity index (χ3v) is 10.1. The minimum absolute atomic E-state index is 0.0353. The lowest BCUT2D eigenvalue weighted by Gasteiger charge is -2.12. The van der Waals surface area contributed by atoms with Gasteiger partial charge in [-0.05, 0) is 49.6 Å². The molecule has 1 heterocycles. The molecule has 5 aromatic rings. The van der Waals surface area contributed by atoms with E-state index in [-0.39, 0.29) is 52.0 Å². The van der Waals surface area contributed by atoms with Crippen LogP contribution in [-0.4, -0.2) is 77.0 Å². The number of carboxylic acids is 1. The fourth-order valence-corrected chi connectivity index (χ4v) is 6.77. The van der Waals surface area contributed by atoms with Crippen LogP contribution < -0.4 is 20.8 Å². The topological polar surface area (TPSA) is 364 Å². The Morgan fingerprint density at radius 3 is 1.88 bits per heavy atom. The summed E-state index contributed by atoms with van der Waals surface area (Å²) >= 11 is 0. The number of carbonyl (C=O) groups is 2. The number of nitrogens with two attached hydrogens (primary N) is 1. The van der Waals surface area contributed by atoms with Gasteiger partial charge in [-0.25, -0.2) is 4.79 Å². The lowest BCUT2D eigenvalue weighted by atomic mass is 10.1. The van der Waals surface area contributed by atoms with Crippen molar-refractivity contribution in [2.75, 3.05) is 14.2 Å². The van der Waals surface area contributed by atoms with Gasteiger partial charge in [-0.1, -0.05) is 0 Å². The highest BCUT2D eigenvalue weighted by molar-refractivity contribution is 7.86. The highest BCUT2D eigenvalue weighted by atomic mass is 32.2. The van der Waals surface area contributed by atoms with E-state index in [2.05, 4.69) is 30.7 Å². The molecule has 308 valence electrons. The van der Waals surface area contributed by atoms with Crippen molar-refractivity contribution in [3.8, 4) is 28.9 Å². The standard InChI is InChI=1S/C34H30N8O15S2/c1-5-42-32(46)26(31(35)45)14(2)28(33(42)47)40-36-16-6-7-19(18(10-16)34(48)49)37-38-20-12-24(57-4)21(13-23(20)56-3)39-41-29-25(59(53,54)55)9-15-8-17(58(50,51)52)11-22(43)27(15)30(29)44/h6-13,43-44,47H,5H2,1-4H3,(H2,35,45)(H,48,49)(H,50,51,52)(H,53,54,55). The molecule has 5 rings (SSSR count). The molecule has 0 bridgehead atoms. The van der Waals surface area contributed by atoms with Gasteiger partial charge in [0.1, 0.15) is 56.1 Å². The van der Waals surface area contributed by atoms with E-state index < -0.39 is 92.4 Å². The summed E-state index contributed by atoms with van der Waals surface area (Å²) in [6.07, 6.45) is 0. The van der Waals surface area contributed by atoms with Crippen LogP contribution >= 0.6 is 0 Å². The van der Waals surface area contributed by atoms with E-state index in [1.165, 1.54) is 52.3 Å². The Morgan fingerprint density at radius 2 is 1.36 bits per heavy atom.